The van der Waals surface area contributed by atoms with Crippen LogP contribution >= 0.6 is 11.8 Å². The van der Waals surface area contributed by atoms with Gasteiger partial charge in [-0.15, -0.1) is 0 Å². The summed E-state index contributed by atoms with van der Waals surface area (Å²) in [7, 11) is 1.72. The summed E-state index contributed by atoms with van der Waals surface area (Å²) >= 11 is 1.42. The standard InChI is InChI=1S/C16H18N4O2S/c1-10(2)8-13-18-14(22-19-13)9-23-16-17-12-7-5-4-6-11(12)15(21)20(16)3/h4-7,10H,8-9H2,1-3H3. The molecule has 0 spiro atoms. The van der Waals surface area contributed by atoms with Crippen molar-refractivity contribution in [2.24, 2.45) is 13.0 Å². The molecule has 6 nitrogen and oxygen atoms in total. The van der Waals surface area contributed by atoms with Gasteiger partial charge in [-0.05, 0) is 18.1 Å². The lowest BCUT2D eigenvalue weighted by Gasteiger charge is -2.07. The van der Waals surface area contributed by atoms with Crippen molar-refractivity contribution in [2.75, 3.05) is 0 Å². The van der Waals surface area contributed by atoms with Crippen LogP contribution in [0, 0.1) is 5.92 Å². The van der Waals surface area contributed by atoms with Gasteiger partial charge in [-0.25, -0.2) is 4.98 Å². The summed E-state index contributed by atoms with van der Waals surface area (Å²) in [5.41, 5.74) is 0.647. The van der Waals surface area contributed by atoms with Gasteiger partial charge in [-0.2, -0.15) is 4.98 Å². The molecule has 0 amide bonds. The molecule has 0 fully saturated rings. The van der Waals surface area contributed by atoms with Gasteiger partial charge in [0.15, 0.2) is 11.0 Å². The highest BCUT2D eigenvalue weighted by molar-refractivity contribution is 7.98. The predicted molar refractivity (Wildman–Crippen MR) is 89.4 cm³/mol. The third-order valence-corrected chi connectivity index (χ3v) is 4.38. The molecule has 7 heteroatoms. The topological polar surface area (TPSA) is 73.8 Å². The zero-order valence-electron chi connectivity index (χ0n) is 13.3. The van der Waals surface area contributed by atoms with Crippen molar-refractivity contribution < 1.29 is 4.52 Å². The molecule has 23 heavy (non-hydrogen) atoms. The van der Waals surface area contributed by atoms with Crippen molar-refractivity contribution in [1.82, 2.24) is 19.7 Å². The molecule has 0 aliphatic heterocycles. The molecule has 0 aliphatic carbocycles. The number of benzene rings is 1. The highest BCUT2D eigenvalue weighted by atomic mass is 32.2. The van der Waals surface area contributed by atoms with Crippen LogP contribution < -0.4 is 5.56 Å². The number of thioether (sulfide) groups is 1. The molecule has 0 saturated heterocycles. The molecule has 2 aromatic heterocycles. The van der Waals surface area contributed by atoms with E-state index in [-0.39, 0.29) is 5.56 Å². The van der Waals surface area contributed by atoms with E-state index in [2.05, 4.69) is 29.0 Å². The van der Waals surface area contributed by atoms with Gasteiger partial charge in [0.2, 0.25) is 5.89 Å². The minimum Gasteiger partial charge on any atom is -0.338 e. The number of fused-ring (bicyclic) bond motifs is 1. The normalized spacial score (nSPS) is 11.5. The van der Waals surface area contributed by atoms with Crippen LogP contribution in [-0.4, -0.2) is 19.7 Å². The van der Waals surface area contributed by atoms with Gasteiger partial charge in [0.25, 0.3) is 5.56 Å². The molecule has 0 radical (unpaired) electrons. The summed E-state index contributed by atoms with van der Waals surface area (Å²) in [4.78, 5) is 21.3. The van der Waals surface area contributed by atoms with Gasteiger partial charge in [0.1, 0.15) is 0 Å². The Balaban J connectivity index is 1.80. The first-order valence-electron chi connectivity index (χ1n) is 7.44. The van der Waals surface area contributed by atoms with Gasteiger partial charge in [-0.3, -0.25) is 9.36 Å². The Morgan fingerprint density at radius 2 is 2.04 bits per heavy atom. The maximum Gasteiger partial charge on any atom is 0.261 e. The largest absolute Gasteiger partial charge is 0.338 e. The van der Waals surface area contributed by atoms with Crippen LogP contribution in [0.2, 0.25) is 0 Å². The fraction of sp³-hybridized carbons (Fsp3) is 0.375. The Hall–Kier alpha value is -2.15. The van der Waals surface area contributed by atoms with Gasteiger partial charge < -0.3 is 4.52 Å². The zero-order valence-corrected chi connectivity index (χ0v) is 14.1. The number of aromatic nitrogens is 4. The monoisotopic (exact) mass is 330 g/mol. The number of nitrogens with zero attached hydrogens (tertiary/aromatic N) is 4. The molecule has 0 atom stereocenters. The third-order valence-electron chi connectivity index (χ3n) is 3.37. The van der Waals surface area contributed by atoms with E-state index < -0.39 is 0 Å². The fourth-order valence-corrected chi connectivity index (χ4v) is 3.06. The maximum absolute atomic E-state index is 12.3. The average Bonchev–Trinajstić information content (AvgIpc) is 2.96. The fourth-order valence-electron chi connectivity index (χ4n) is 2.25. The Morgan fingerprint density at radius 3 is 2.83 bits per heavy atom. The van der Waals surface area contributed by atoms with E-state index in [4.69, 9.17) is 4.52 Å². The molecule has 0 N–H and O–H groups in total. The number of hydrogen-bond donors (Lipinski definition) is 0. The zero-order chi connectivity index (χ0) is 16.4. The minimum absolute atomic E-state index is 0.0517. The first-order chi connectivity index (χ1) is 11.0. The third kappa shape index (κ3) is 3.44. The Kier molecular flexibility index (Phi) is 4.47. The first kappa shape index (κ1) is 15.7. The van der Waals surface area contributed by atoms with Crippen LogP contribution in [0.25, 0.3) is 10.9 Å². The summed E-state index contributed by atoms with van der Waals surface area (Å²) in [5, 5.41) is 5.23. The second-order valence-electron chi connectivity index (χ2n) is 5.77. The second-order valence-corrected chi connectivity index (χ2v) is 6.71. The highest BCUT2D eigenvalue weighted by Gasteiger charge is 2.12. The molecule has 0 saturated carbocycles. The van der Waals surface area contributed by atoms with E-state index in [0.29, 0.717) is 33.6 Å². The lowest BCUT2D eigenvalue weighted by atomic mass is 10.1. The van der Waals surface area contributed by atoms with E-state index in [0.717, 1.165) is 12.2 Å². The second kappa shape index (κ2) is 6.54. The van der Waals surface area contributed by atoms with Crippen molar-refractivity contribution in [3.63, 3.8) is 0 Å². The van der Waals surface area contributed by atoms with Crippen molar-refractivity contribution in [2.45, 2.75) is 31.2 Å². The van der Waals surface area contributed by atoms with E-state index in [9.17, 15) is 4.79 Å². The van der Waals surface area contributed by atoms with E-state index in [1.807, 2.05) is 18.2 Å². The van der Waals surface area contributed by atoms with Crippen LogP contribution in [0.5, 0.6) is 0 Å². The van der Waals surface area contributed by atoms with Crippen molar-refractivity contribution >= 4 is 22.7 Å². The summed E-state index contributed by atoms with van der Waals surface area (Å²) < 4.78 is 6.80. The van der Waals surface area contributed by atoms with Crippen LogP contribution in [0.3, 0.4) is 0 Å². The first-order valence-corrected chi connectivity index (χ1v) is 8.43. The van der Waals surface area contributed by atoms with Gasteiger partial charge in [-0.1, -0.05) is 42.9 Å². The molecule has 0 bridgehead atoms. The van der Waals surface area contributed by atoms with Crippen LogP contribution in [-0.2, 0) is 19.2 Å². The van der Waals surface area contributed by atoms with Crippen LogP contribution in [0.4, 0.5) is 0 Å². The van der Waals surface area contributed by atoms with Gasteiger partial charge in [0, 0.05) is 13.5 Å². The molecule has 0 unspecified atom stereocenters. The van der Waals surface area contributed by atoms with Crippen molar-refractivity contribution in [3.05, 3.63) is 46.3 Å². The molecule has 1 aromatic carbocycles. The summed E-state index contributed by atoms with van der Waals surface area (Å²) in [6.45, 7) is 4.22. The molecule has 3 rings (SSSR count). The Bertz CT molecular complexity index is 885. The lowest BCUT2D eigenvalue weighted by Crippen LogP contribution is -2.19. The minimum atomic E-state index is -0.0517. The molecular formula is C16H18N4O2S. The lowest BCUT2D eigenvalue weighted by molar-refractivity contribution is 0.382. The summed E-state index contributed by atoms with van der Waals surface area (Å²) in [6.07, 6.45) is 0.793. The number of hydrogen-bond acceptors (Lipinski definition) is 6. The van der Waals surface area contributed by atoms with Gasteiger partial charge >= 0.3 is 0 Å². The highest BCUT2D eigenvalue weighted by Crippen LogP contribution is 2.21. The maximum atomic E-state index is 12.3. The van der Waals surface area contributed by atoms with E-state index >= 15 is 0 Å². The SMILES string of the molecule is CC(C)Cc1noc(CSc2nc3ccccc3c(=O)n2C)n1. The number of rotatable bonds is 5. The van der Waals surface area contributed by atoms with Crippen molar-refractivity contribution in [1.29, 1.82) is 0 Å². The molecule has 2 heterocycles. The van der Waals surface area contributed by atoms with E-state index in [1.54, 1.807) is 17.7 Å². The van der Waals surface area contributed by atoms with Gasteiger partial charge in [0.05, 0.1) is 16.7 Å². The number of para-hydroxylation sites is 1. The molecule has 120 valence electrons. The smallest absolute Gasteiger partial charge is 0.261 e. The predicted octanol–water partition coefficient (Wildman–Crippen LogP) is 2.81. The molecule has 0 aliphatic rings. The van der Waals surface area contributed by atoms with E-state index in [1.165, 1.54) is 11.8 Å². The summed E-state index contributed by atoms with van der Waals surface area (Å²) in [5.74, 6) is 2.24. The molecular weight excluding hydrogens is 312 g/mol. The summed E-state index contributed by atoms with van der Waals surface area (Å²) in [6, 6.07) is 7.34. The van der Waals surface area contributed by atoms with Crippen LogP contribution in [0.15, 0.2) is 38.7 Å². The Morgan fingerprint density at radius 1 is 1.26 bits per heavy atom. The Labute approximate surface area is 137 Å². The quantitative estimate of drug-likeness (QED) is 0.529. The molecule has 3 aromatic rings. The van der Waals surface area contributed by atoms with Crippen molar-refractivity contribution in [3.8, 4) is 0 Å². The van der Waals surface area contributed by atoms with Crippen LogP contribution in [0.1, 0.15) is 25.6 Å². The average molecular weight is 330 g/mol.